The third kappa shape index (κ3) is 2.73. The summed E-state index contributed by atoms with van der Waals surface area (Å²) < 4.78 is 2.29. The number of nitrogens with two attached hydrogens (primary N) is 1. The zero-order valence-corrected chi connectivity index (χ0v) is 14.5. The van der Waals surface area contributed by atoms with Crippen LogP contribution in [0.25, 0.3) is 11.3 Å². The molecule has 9 heteroatoms. The molecule has 23 heavy (non-hydrogen) atoms. The van der Waals surface area contributed by atoms with E-state index in [2.05, 4.69) is 9.97 Å². The fraction of sp³-hybridized carbons (Fsp3) is 0.286. The summed E-state index contributed by atoms with van der Waals surface area (Å²) in [6.07, 6.45) is 0.620. The lowest BCUT2D eigenvalue weighted by molar-refractivity contribution is 0.696. The van der Waals surface area contributed by atoms with Gasteiger partial charge in [0.05, 0.1) is 17.1 Å². The van der Waals surface area contributed by atoms with Crippen LogP contribution in [0.2, 0.25) is 0 Å². The van der Waals surface area contributed by atoms with Gasteiger partial charge in [-0.1, -0.05) is 0 Å². The number of nitrogens with zero attached hydrogens (tertiary/aromatic N) is 4. The van der Waals surface area contributed by atoms with Crippen molar-refractivity contribution in [3.8, 4) is 11.3 Å². The van der Waals surface area contributed by atoms with E-state index in [1.165, 1.54) is 30.0 Å². The topological polar surface area (TPSA) is 95.8 Å². The predicted octanol–water partition coefficient (Wildman–Crippen LogP) is 1.15. The lowest BCUT2D eigenvalue weighted by Gasteiger charge is -2.09. The van der Waals surface area contributed by atoms with Crippen molar-refractivity contribution >= 4 is 28.5 Å². The molecule has 3 aromatic rings. The number of hydrogen-bond acceptors (Lipinski definition) is 7. The van der Waals surface area contributed by atoms with Crippen LogP contribution in [0.15, 0.2) is 20.3 Å². The van der Waals surface area contributed by atoms with Crippen LogP contribution < -0.4 is 17.0 Å². The Hall–Kier alpha value is -2.26. The second-order valence-electron chi connectivity index (χ2n) is 5.15. The van der Waals surface area contributed by atoms with Crippen LogP contribution in [0.5, 0.6) is 0 Å². The normalized spacial score (nSPS) is 11.1. The SMILES string of the molecule is Cc1csc(Cc2nc(-c3c(N)n(C)c(=O)n(C)c3=O)cs2)n1. The fourth-order valence-electron chi connectivity index (χ4n) is 2.22. The quantitative estimate of drug-likeness (QED) is 0.765. The summed E-state index contributed by atoms with van der Waals surface area (Å²) in [5, 5.41) is 5.60. The predicted molar refractivity (Wildman–Crippen MR) is 92.1 cm³/mol. The Bertz CT molecular complexity index is 995. The molecular formula is C14H15N5O2S2. The zero-order chi connectivity index (χ0) is 16.7. The maximum atomic E-state index is 12.4. The zero-order valence-electron chi connectivity index (χ0n) is 12.9. The summed E-state index contributed by atoms with van der Waals surface area (Å²) >= 11 is 3.03. The summed E-state index contributed by atoms with van der Waals surface area (Å²) in [5.74, 6) is 0.125. The van der Waals surface area contributed by atoms with Gasteiger partial charge in [0.25, 0.3) is 5.56 Å². The van der Waals surface area contributed by atoms with Crippen molar-refractivity contribution in [1.29, 1.82) is 0 Å². The molecule has 0 fully saturated rings. The lowest BCUT2D eigenvalue weighted by Crippen LogP contribution is -2.39. The molecular weight excluding hydrogens is 334 g/mol. The first kappa shape index (κ1) is 15.6. The first-order valence-corrected chi connectivity index (χ1v) is 8.55. The van der Waals surface area contributed by atoms with E-state index in [0.717, 1.165) is 20.3 Å². The van der Waals surface area contributed by atoms with Crippen molar-refractivity contribution in [3.05, 3.63) is 47.3 Å². The van der Waals surface area contributed by atoms with Gasteiger partial charge in [0.1, 0.15) is 16.4 Å². The molecule has 0 atom stereocenters. The maximum absolute atomic E-state index is 12.4. The summed E-state index contributed by atoms with van der Waals surface area (Å²) in [5.41, 5.74) is 6.80. The van der Waals surface area contributed by atoms with Crippen LogP contribution >= 0.6 is 22.7 Å². The Labute approximate surface area is 139 Å². The van der Waals surface area contributed by atoms with Gasteiger partial charge in [-0.25, -0.2) is 14.8 Å². The largest absolute Gasteiger partial charge is 0.384 e. The minimum atomic E-state index is -0.454. The molecule has 120 valence electrons. The highest BCUT2D eigenvalue weighted by molar-refractivity contribution is 7.11. The standard InChI is InChI=1S/C14H15N5O2S2/c1-7-5-22-9(16-7)4-10-17-8(6-23-10)11-12(15)18(2)14(21)19(3)13(11)20/h5-6H,4,15H2,1-3H3. The van der Waals surface area contributed by atoms with E-state index >= 15 is 0 Å². The van der Waals surface area contributed by atoms with E-state index in [4.69, 9.17) is 5.73 Å². The van der Waals surface area contributed by atoms with Gasteiger partial charge in [0.15, 0.2) is 0 Å². The summed E-state index contributed by atoms with van der Waals surface area (Å²) in [6, 6.07) is 0. The Balaban J connectivity index is 2.04. The molecule has 0 aromatic carbocycles. The Morgan fingerprint density at radius 3 is 2.39 bits per heavy atom. The van der Waals surface area contributed by atoms with E-state index < -0.39 is 11.2 Å². The van der Waals surface area contributed by atoms with Crippen molar-refractivity contribution in [1.82, 2.24) is 19.1 Å². The van der Waals surface area contributed by atoms with E-state index in [-0.39, 0.29) is 11.4 Å². The Morgan fingerprint density at radius 1 is 1.09 bits per heavy atom. The number of thiazole rings is 2. The number of anilines is 1. The second-order valence-corrected chi connectivity index (χ2v) is 7.04. The monoisotopic (exact) mass is 349 g/mol. The molecule has 0 aliphatic carbocycles. The van der Waals surface area contributed by atoms with Crippen LogP contribution in [0.4, 0.5) is 5.82 Å². The summed E-state index contributed by atoms with van der Waals surface area (Å²) in [6.45, 7) is 1.95. The van der Waals surface area contributed by atoms with Crippen molar-refractivity contribution in [3.63, 3.8) is 0 Å². The van der Waals surface area contributed by atoms with Crippen molar-refractivity contribution in [2.75, 3.05) is 5.73 Å². The minimum absolute atomic E-state index is 0.125. The second kappa shape index (κ2) is 5.74. The van der Waals surface area contributed by atoms with Crippen LogP contribution in [-0.4, -0.2) is 19.1 Å². The number of rotatable bonds is 3. The van der Waals surface area contributed by atoms with Gasteiger partial charge >= 0.3 is 5.69 Å². The molecule has 0 saturated carbocycles. The smallest absolute Gasteiger partial charge is 0.332 e. The average Bonchev–Trinajstić information content (AvgIpc) is 3.13. The molecule has 3 rings (SSSR count). The van der Waals surface area contributed by atoms with Gasteiger partial charge in [-0.2, -0.15) is 0 Å². The number of aryl methyl sites for hydroxylation is 1. The molecule has 3 heterocycles. The summed E-state index contributed by atoms with van der Waals surface area (Å²) in [7, 11) is 2.96. The lowest BCUT2D eigenvalue weighted by atomic mass is 10.2. The van der Waals surface area contributed by atoms with Crippen LogP contribution in [0.1, 0.15) is 15.7 Å². The van der Waals surface area contributed by atoms with E-state index in [1.807, 2.05) is 12.3 Å². The van der Waals surface area contributed by atoms with E-state index in [0.29, 0.717) is 12.1 Å². The van der Waals surface area contributed by atoms with Gasteiger partial charge < -0.3 is 5.73 Å². The number of nitrogen functional groups attached to an aromatic ring is 1. The Kier molecular flexibility index (Phi) is 3.90. The molecule has 0 saturated heterocycles. The van der Waals surface area contributed by atoms with Gasteiger partial charge in [-0.3, -0.25) is 13.9 Å². The van der Waals surface area contributed by atoms with Crippen LogP contribution in [0.3, 0.4) is 0 Å². The molecule has 0 radical (unpaired) electrons. The van der Waals surface area contributed by atoms with Gasteiger partial charge in [0.2, 0.25) is 0 Å². The molecule has 0 unspecified atom stereocenters. The first-order chi connectivity index (χ1) is 10.9. The molecule has 0 amide bonds. The van der Waals surface area contributed by atoms with Gasteiger partial charge in [0, 0.05) is 30.5 Å². The third-order valence-electron chi connectivity index (χ3n) is 3.49. The van der Waals surface area contributed by atoms with Gasteiger partial charge in [-0.05, 0) is 6.92 Å². The molecule has 0 aliphatic rings. The highest BCUT2D eigenvalue weighted by Gasteiger charge is 2.18. The molecule has 7 nitrogen and oxygen atoms in total. The molecule has 2 N–H and O–H groups in total. The van der Waals surface area contributed by atoms with Crippen LogP contribution in [-0.2, 0) is 20.5 Å². The molecule has 0 bridgehead atoms. The van der Waals surface area contributed by atoms with E-state index in [1.54, 1.807) is 16.7 Å². The summed E-state index contributed by atoms with van der Waals surface area (Å²) in [4.78, 5) is 33.1. The highest BCUT2D eigenvalue weighted by atomic mass is 32.1. The van der Waals surface area contributed by atoms with Crippen molar-refractivity contribution in [2.45, 2.75) is 13.3 Å². The number of hydrogen-bond donors (Lipinski definition) is 1. The number of aromatic nitrogens is 4. The highest BCUT2D eigenvalue weighted by Crippen LogP contribution is 2.25. The molecule has 0 spiro atoms. The first-order valence-electron chi connectivity index (χ1n) is 6.79. The minimum Gasteiger partial charge on any atom is -0.384 e. The molecule has 3 aromatic heterocycles. The van der Waals surface area contributed by atoms with Crippen molar-refractivity contribution in [2.24, 2.45) is 14.1 Å². The fourth-order valence-corrected chi connectivity index (χ4v) is 3.88. The van der Waals surface area contributed by atoms with Gasteiger partial charge in [-0.15, -0.1) is 22.7 Å². The van der Waals surface area contributed by atoms with E-state index in [9.17, 15) is 9.59 Å². The average molecular weight is 349 g/mol. The third-order valence-corrected chi connectivity index (χ3v) is 5.30. The van der Waals surface area contributed by atoms with Crippen LogP contribution in [0, 0.1) is 6.92 Å². The maximum Gasteiger partial charge on any atom is 0.332 e. The van der Waals surface area contributed by atoms with Crippen molar-refractivity contribution < 1.29 is 0 Å². The Morgan fingerprint density at radius 2 is 1.74 bits per heavy atom. The molecule has 0 aliphatic heterocycles.